The second-order valence-electron chi connectivity index (χ2n) is 4.95. The number of carboxylic acids is 1. The van der Waals surface area contributed by atoms with Crippen molar-refractivity contribution in [3.05, 3.63) is 35.9 Å². The zero-order valence-electron chi connectivity index (χ0n) is 11.6. The minimum absolute atomic E-state index is 0.0188. The van der Waals surface area contributed by atoms with E-state index in [0.717, 1.165) is 9.87 Å². The van der Waals surface area contributed by atoms with E-state index in [1.807, 2.05) is 30.3 Å². The SMILES string of the molecule is CN(Cc1ccccc1)S(=O)(=O)NC1COCC1C(=O)O. The number of nitrogens with zero attached hydrogens (tertiary/aromatic N) is 1. The summed E-state index contributed by atoms with van der Waals surface area (Å²) in [6.07, 6.45) is 0. The summed E-state index contributed by atoms with van der Waals surface area (Å²) in [5.41, 5.74) is 0.850. The minimum Gasteiger partial charge on any atom is -0.481 e. The van der Waals surface area contributed by atoms with Gasteiger partial charge in [-0.2, -0.15) is 17.4 Å². The van der Waals surface area contributed by atoms with E-state index in [4.69, 9.17) is 9.84 Å². The molecule has 7 nitrogen and oxygen atoms in total. The molecular formula is C13H18N2O5S. The maximum absolute atomic E-state index is 12.2. The van der Waals surface area contributed by atoms with Crippen LogP contribution >= 0.6 is 0 Å². The van der Waals surface area contributed by atoms with Gasteiger partial charge in [0, 0.05) is 13.6 Å². The monoisotopic (exact) mass is 314 g/mol. The first-order valence-electron chi connectivity index (χ1n) is 6.48. The van der Waals surface area contributed by atoms with Crippen LogP contribution < -0.4 is 4.72 Å². The summed E-state index contributed by atoms with van der Waals surface area (Å²) in [5.74, 6) is -1.92. The van der Waals surface area contributed by atoms with Crippen molar-refractivity contribution >= 4 is 16.2 Å². The standard InChI is InChI=1S/C13H18N2O5S/c1-15(7-10-5-3-2-4-6-10)21(18,19)14-12-9-20-8-11(12)13(16)17/h2-6,11-12,14H,7-9H2,1H3,(H,16,17). The second-order valence-corrected chi connectivity index (χ2v) is 6.76. The Labute approximate surface area is 123 Å². The van der Waals surface area contributed by atoms with Crippen LogP contribution in [0.5, 0.6) is 0 Å². The number of nitrogens with one attached hydrogen (secondary N) is 1. The third-order valence-electron chi connectivity index (χ3n) is 3.36. The van der Waals surface area contributed by atoms with Gasteiger partial charge in [0.1, 0.15) is 0 Å². The molecule has 2 atom stereocenters. The van der Waals surface area contributed by atoms with E-state index < -0.39 is 28.1 Å². The van der Waals surface area contributed by atoms with E-state index in [0.29, 0.717) is 0 Å². The molecule has 116 valence electrons. The number of benzene rings is 1. The number of ether oxygens (including phenoxy) is 1. The zero-order valence-corrected chi connectivity index (χ0v) is 12.4. The molecule has 21 heavy (non-hydrogen) atoms. The highest BCUT2D eigenvalue weighted by molar-refractivity contribution is 7.87. The van der Waals surface area contributed by atoms with Crippen LogP contribution in [0.2, 0.25) is 0 Å². The molecule has 0 radical (unpaired) electrons. The molecule has 1 saturated heterocycles. The molecule has 1 heterocycles. The highest BCUT2D eigenvalue weighted by Crippen LogP contribution is 2.16. The van der Waals surface area contributed by atoms with Crippen LogP contribution in [-0.4, -0.2) is 50.1 Å². The molecule has 2 N–H and O–H groups in total. The highest BCUT2D eigenvalue weighted by atomic mass is 32.2. The van der Waals surface area contributed by atoms with E-state index >= 15 is 0 Å². The van der Waals surface area contributed by atoms with Crippen molar-refractivity contribution in [2.75, 3.05) is 20.3 Å². The van der Waals surface area contributed by atoms with Gasteiger partial charge in [0.15, 0.2) is 0 Å². The second kappa shape index (κ2) is 6.52. The topological polar surface area (TPSA) is 95.9 Å². The molecule has 0 saturated carbocycles. The quantitative estimate of drug-likeness (QED) is 0.773. The van der Waals surface area contributed by atoms with Crippen LogP contribution in [0.4, 0.5) is 0 Å². The van der Waals surface area contributed by atoms with Crippen LogP contribution in [-0.2, 0) is 26.3 Å². The first kappa shape index (κ1) is 15.9. The van der Waals surface area contributed by atoms with Crippen LogP contribution in [0.15, 0.2) is 30.3 Å². The molecule has 1 aliphatic heterocycles. The highest BCUT2D eigenvalue weighted by Gasteiger charge is 2.37. The van der Waals surface area contributed by atoms with E-state index in [9.17, 15) is 13.2 Å². The van der Waals surface area contributed by atoms with Crippen molar-refractivity contribution in [1.82, 2.24) is 9.03 Å². The Hall–Kier alpha value is -1.48. The summed E-state index contributed by atoms with van der Waals surface area (Å²) in [6.45, 7) is 0.293. The van der Waals surface area contributed by atoms with Gasteiger partial charge in [0.05, 0.1) is 25.2 Å². The molecule has 1 aromatic rings. The zero-order chi connectivity index (χ0) is 15.5. The van der Waals surface area contributed by atoms with E-state index in [2.05, 4.69) is 4.72 Å². The summed E-state index contributed by atoms with van der Waals surface area (Å²) in [4.78, 5) is 11.0. The molecule has 8 heteroatoms. The van der Waals surface area contributed by atoms with E-state index in [1.165, 1.54) is 7.05 Å². The Morgan fingerprint density at radius 1 is 1.38 bits per heavy atom. The first-order valence-corrected chi connectivity index (χ1v) is 7.92. The van der Waals surface area contributed by atoms with Gasteiger partial charge < -0.3 is 9.84 Å². The maximum Gasteiger partial charge on any atom is 0.310 e. The summed E-state index contributed by atoms with van der Waals surface area (Å²) in [6, 6.07) is 8.41. The first-order chi connectivity index (χ1) is 9.90. The Balaban J connectivity index is 2.02. The molecule has 1 fully saturated rings. The summed E-state index contributed by atoms with van der Waals surface area (Å²) < 4.78 is 33.1. The summed E-state index contributed by atoms with van der Waals surface area (Å²) >= 11 is 0. The number of carboxylic acid groups (broad SMARTS) is 1. The average Bonchev–Trinajstić information content (AvgIpc) is 2.87. The lowest BCUT2D eigenvalue weighted by molar-refractivity contribution is -0.142. The van der Waals surface area contributed by atoms with Crippen molar-refractivity contribution in [3.8, 4) is 0 Å². The Bertz CT molecular complexity index is 590. The van der Waals surface area contributed by atoms with Crippen LogP contribution in [0.25, 0.3) is 0 Å². The molecule has 2 unspecified atom stereocenters. The number of hydrogen-bond donors (Lipinski definition) is 2. The molecule has 0 bridgehead atoms. The maximum atomic E-state index is 12.2. The van der Waals surface area contributed by atoms with Gasteiger partial charge in [0.25, 0.3) is 10.2 Å². The lowest BCUT2D eigenvalue weighted by atomic mass is 10.1. The van der Waals surface area contributed by atoms with E-state index in [1.54, 1.807) is 0 Å². The fourth-order valence-corrected chi connectivity index (χ4v) is 3.23. The molecule has 1 aliphatic rings. The number of carbonyl (C=O) groups is 1. The third-order valence-corrected chi connectivity index (χ3v) is 4.91. The van der Waals surface area contributed by atoms with Gasteiger partial charge in [-0.25, -0.2) is 0 Å². The van der Waals surface area contributed by atoms with Crippen molar-refractivity contribution in [1.29, 1.82) is 0 Å². The molecule has 0 aliphatic carbocycles. The van der Waals surface area contributed by atoms with Gasteiger partial charge >= 0.3 is 5.97 Å². The van der Waals surface area contributed by atoms with E-state index in [-0.39, 0.29) is 19.8 Å². The number of aliphatic carboxylic acids is 1. The predicted molar refractivity (Wildman–Crippen MR) is 75.7 cm³/mol. The van der Waals surface area contributed by atoms with Gasteiger partial charge in [-0.15, -0.1) is 0 Å². The predicted octanol–water partition coefficient (Wildman–Crippen LogP) is 0.0524. The van der Waals surface area contributed by atoms with Crippen molar-refractivity contribution in [2.45, 2.75) is 12.6 Å². The summed E-state index contributed by atoms with van der Waals surface area (Å²) in [7, 11) is -2.32. The number of hydrogen-bond acceptors (Lipinski definition) is 4. The Kier molecular flexibility index (Phi) is 4.94. The lowest BCUT2D eigenvalue weighted by Crippen LogP contribution is -2.47. The van der Waals surface area contributed by atoms with Gasteiger partial charge in [-0.3, -0.25) is 4.79 Å². The van der Waals surface area contributed by atoms with Gasteiger partial charge in [-0.1, -0.05) is 30.3 Å². The van der Waals surface area contributed by atoms with Gasteiger partial charge in [0.2, 0.25) is 0 Å². The molecule has 2 rings (SSSR count). The smallest absolute Gasteiger partial charge is 0.310 e. The van der Waals surface area contributed by atoms with Crippen LogP contribution in [0, 0.1) is 5.92 Å². The minimum atomic E-state index is -3.77. The van der Waals surface area contributed by atoms with Crippen LogP contribution in [0.3, 0.4) is 0 Å². The normalized spacial score (nSPS) is 22.6. The molecular weight excluding hydrogens is 296 g/mol. The fraction of sp³-hybridized carbons (Fsp3) is 0.462. The van der Waals surface area contributed by atoms with Crippen molar-refractivity contribution in [3.63, 3.8) is 0 Å². The van der Waals surface area contributed by atoms with Crippen molar-refractivity contribution in [2.24, 2.45) is 5.92 Å². The Morgan fingerprint density at radius 2 is 2.05 bits per heavy atom. The summed E-state index contributed by atoms with van der Waals surface area (Å²) in [5, 5.41) is 9.03. The number of rotatable bonds is 6. The van der Waals surface area contributed by atoms with Crippen molar-refractivity contribution < 1.29 is 23.1 Å². The average molecular weight is 314 g/mol. The fourth-order valence-electron chi connectivity index (χ4n) is 2.12. The van der Waals surface area contributed by atoms with Crippen LogP contribution in [0.1, 0.15) is 5.56 Å². The molecule has 0 amide bonds. The van der Waals surface area contributed by atoms with Gasteiger partial charge in [-0.05, 0) is 5.56 Å². The largest absolute Gasteiger partial charge is 0.481 e. The molecule has 1 aromatic carbocycles. The molecule has 0 spiro atoms. The third kappa shape index (κ3) is 4.01. The lowest BCUT2D eigenvalue weighted by Gasteiger charge is -2.22. The molecule has 0 aromatic heterocycles. The Morgan fingerprint density at radius 3 is 2.67 bits per heavy atom.